The number of anilines is 1. The van der Waals surface area contributed by atoms with Crippen molar-refractivity contribution in [2.24, 2.45) is 0 Å². The fourth-order valence-electron chi connectivity index (χ4n) is 2.04. The first-order chi connectivity index (χ1) is 11.3. The Labute approximate surface area is 141 Å². The smallest absolute Gasteiger partial charge is 0.398 e. The Kier molecular flexibility index (Phi) is 5.71. The average molecular weight is 355 g/mol. The Balaban J connectivity index is 2.16. The molecule has 4 nitrogen and oxygen atoms in total. The third-order valence-electron chi connectivity index (χ3n) is 3.23. The van der Waals surface area contributed by atoms with Crippen LogP contribution in [-0.4, -0.2) is 16.6 Å². The molecule has 0 radical (unpaired) electrons. The summed E-state index contributed by atoms with van der Waals surface area (Å²) in [6.45, 7) is 2.17. The molecule has 24 heavy (non-hydrogen) atoms. The molecule has 0 saturated carbocycles. The zero-order valence-electron chi connectivity index (χ0n) is 12.9. The predicted octanol–water partition coefficient (Wildman–Crippen LogP) is 3.72. The molecule has 2 rings (SSSR count). The molecular formula is C16H16F3N3OS. The van der Waals surface area contributed by atoms with E-state index in [0.717, 1.165) is 34.4 Å². The van der Waals surface area contributed by atoms with Crippen molar-refractivity contribution in [3.63, 3.8) is 0 Å². The van der Waals surface area contributed by atoms with Gasteiger partial charge in [-0.2, -0.15) is 13.2 Å². The maximum absolute atomic E-state index is 12.8. The molecule has 2 aromatic rings. The van der Waals surface area contributed by atoms with E-state index in [1.165, 1.54) is 0 Å². The van der Waals surface area contributed by atoms with Gasteiger partial charge >= 0.3 is 6.18 Å². The number of hydrogen-bond donors (Lipinski definition) is 2. The highest BCUT2D eigenvalue weighted by atomic mass is 32.2. The number of alkyl halides is 3. The minimum Gasteiger partial charge on any atom is -0.398 e. The summed E-state index contributed by atoms with van der Waals surface area (Å²) in [5, 5.41) is 2.61. The summed E-state index contributed by atoms with van der Waals surface area (Å²) in [6.07, 6.45) is -1.24. The van der Waals surface area contributed by atoms with Crippen LogP contribution in [0.4, 0.5) is 18.9 Å². The van der Waals surface area contributed by atoms with Crippen molar-refractivity contribution in [1.82, 2.24) is 10.3 Å². The monoisotopic (exact) mass is 355 g/mol. The SMILES string of the molecule is CCSc1cnccc1CNC(=O)c1cc(C(F)(F)F)ccc1N. The van der Waals surface area contributed by atoms with Gasteiger partial charge in [-0.25, -0.2) is 0 Å². The molecule has 0 saturated heterocycles. The number of nitrogens with two attached hydrogens (primary N) is 1. The van der Waals surface area contributed by atoms with Gasteiger partial charge in [-0.05, 0) is 35.6 Å². The second kappa shape index (κ2) is 7.57. The molecule has 0 aliphatic rings. The molecule has 0 bridgehead atoms. The van der Waals surface area contributed by atoms with E-state index in [1.807, 2.05) is 6.92 Å². The van der Waals surface area contributed by atoms with E-state index in [-0.39, 0.29) is 17.8 Å². The number of pyridine rings is 1. The van der Waals surface area contributed by atoms with Crippen LogP contribution in [0.15, 0.2) is 41.6 Å². The predicted molar refractivity (Wildman–Crippen MR) is 87.7 cm³/mol. The molecule has 1 heterocycles. The summed E-state index contributed by atoms with van der Waals surface area (Å²) in [4.78, 5) is 17.1. The lowest BCUT2D eigenvalue weighted by Gasteiger charge is -2.12. The van der Waals surface area contributed by atoms with Gasteiger partial charge in [-0.1, -0.05) is 6.92 Å². The molecule has 0 atom stereocenters. The fourth-order valence-corrected chi connectivity index (χ4v) is 2.81. The maximum Gasteiger partial charge on any atom is 0.416 e. The molecule has 3 N–H and O–H groups in total. The number of carbonyl (C=O) groups excluding carboxylic acids is 1. The number of hydrogen-bond acceptors (Lipinski definition) is 4. The summed E-state index contributed by atoms with van der Waals surface area (Å²) in [6, 6.07) is 4.46. The number of benzene rings is 1. The molecule has 1 aromatic carbocycles. The van der Waals surface area contributed by atoms with Crippen LogP contribution in [0.5, 0.6) is 0 Å². The first-order valence-corrected chi connectivity index (χ1v) is 8.12. The Morgan fingerprint density at radius 3 is 2.75 bits per heavy atom. The summed E-state index contributed by atoms with van der Waals surface area (Å²) >= 11 is 1.57. The number of nitrogens with zero attached hydrogens (tertiary/aromatic N) is 1. The molecule has 1 aromatic heterocycles. The number of carbonyl (C=O) groups is 1. The Hall–Kier alpha value is -2.22. The third-order valence-corrected chi connectivity index (χ3v) is 4.20. The minimum absolute atomic E-state index is 0.00150. The van der Waals surface area contributed by atoms with E-state index in [1.54, 1.807) is 30.2 Å². The van der Waals surface area contributed by atoms with Gasteiger partial charge < -0.3 is 11.1 Å². The highest BCUT2D eigenvalue weighted by Gasteiger charge is 2.31. The first kappa shape index (κ1) is 18.1. The topological polar surface area (TPSA) is 68.0 Å². The van der Waals surface area contributed by atoms with Gasteiger partial charge in [0.15, 0.2) is 0 Å². The van der Waals surface area contributed by atoms with Crippen LogP contribution in [0.25, 0.3) is 0 Å². The first-order valence-electron chi connectivity index (χ1n) is 7.13. The zero-order chi connectivity index (χ0) is 17.7. The Morgan fingerprint density at radius 2 is 2.08 bits per heavy atom. The van der Waals surface area contributed by atoms with Crippen LogP contribution in [0.3, 0.4) is 0 Å². The van der Waals surface area contributed by atoms with E-state index in [9.17, 15) is 18.0 Å². The summed E-state index contributed by atoms with van der Waals surface area (Å²) in [5.74, 6) is 0.190. The van der Waals surface area contributed by atoms with Gasteiger partial charge in [0.25, 0.3) is 5.91 Å². The van der Waals surface area contributed by atoms with Crippen LogP contribution in [0.2, 0.25) is 0 Å². The van der Waals surface area contributed by atoms with Gasteiger partial charge in [0.1, 0.15) is 0 Å². The quantitative estimate of drug-likeness (QED) is 0.634. The molecule has 128 valence electrons. The summed E-state index contributed by atoms with van der Waals surface area (Å²) in [5.41, 5.74) is 5.38. The molecule has 0 fully saturated rings. The lowest BCUT2D eigenvalue weighted by atomic mass is 10.1. The van der Waals surface area contributed by atoms with Crippen molar-refractivity contribution in [1.29, 1.82) is 0 Å². The van der Waals surface area contributed by atoms with Gasteiger partial charge in [0.05, 0.1) is 11.1 Å². The second-order valence-electron chi connectivity index (χ2n) is 4.90. The van der Waals surface area contributed by atoms with E-state index in [4.69, 9.17) is 5.73 Å². The van der Waals surface area contributed by atoms with E-state index < -0.39 is 17.6 Å². The number of halogens is 3. The maximum atomic E-state index is 12.8. The summed E-state index contributed by atoms with van der Waals surface area (Å²) in [7, 11) is 0. The standard InChI is InChI=1S/C16H16F3N3OS/c1-2-24-14-9-21-6-5-10(14)8-22-15(23)12-7-11(16(17,18)19)3-4-13(12)20/h3-7,9H,2,8,20H2,1H3,(H,22,23). The highest BCUT2D eigenvalue weighted by molar-refractivity contribution is 7.99. The Morgan fingerprint density at radius 1 is 1.33 bits per heavy atom. The Bertz CT molecular complexity index is 735. The van der Waals surface area contributed by atoms with E-state index in [0.29, 0.717) is 0 Å². The number of aromatic nitrogens is 1. The number of thioether (sulfide) groups is 1. The summed E-state index contributed by atoms with van der Waals surface area (Å²) < 4.78 is 38.3. The van der Waals surface area contributed by atoms with Gasteiger partial charge in [-0.3, -0.25) is 9.78 Å². The van der Waals surface area contributed by atoms with E-state index >= 15 is 0 Å². The molecule has 0 aliphatic carbocycles. The molecule has 0 spiro atoms. The number of nitrogen functional groups attached to an aromatic ring is 1. The highest BCUT2D eigenvalue weighted by Crippen LogP contribution is 2.31. The van der Waals surface area contributed by atoms with Crippen LogP contribution < -0.4 is 11.1 Å². The van der Waals surface area contributed by atoms with Crippen LogP contribution >= 0.6 is 11.8 Å². The van der Waals surface area contributed by atoms with Gasteiger partial charge in [-0.15, -0.1) is 11.8 Å². The lowest BCUT2D eigenvalue weighted by molar-refractivity contribution is -0.137. The van der Waals surface area contributed by atoms with Crippen molar-refractivity contribution >= 4 is 23.4 Å². The van der Waals surface area contributed by atoms with Crippen LogP contribution in [0, 0.1) is 0 Å². The number of rotatable bonds is 5. The molecule has 1 amide bonds. The van der Waals surface area contributed by atoms with Gasteiger partial charge in [0.2, 0.25) is 0 Å². The van der Waals surface area contributed by atoms with Gasteiger partial charge in [0, 0.05) is 29.5 Å². The van der Waals surface area contributed by atoms with Crippen molar-refractivity contribution < 1.29 is 18.0 Å². The number of nitrogens with one attached hydrogen (secondary N) is 1. The molecule has 0 aliphatic heterocycles. The number of amides is 1. The zero-order valence-corrected chi connectivity index (χ0v) is 13.7. The molecular weight excluding hydrogens is 339 g/mol. The average Bonchev–Trinajstić information content (AvgIpc) is 2.53. The molecule has 0 unspecified atom stereocenters. The second-order valence-corrected chi connectivity index (χ2v) is 6.20. The lowest BCUT2D eigenvalue weighted by Crippen LogP contribution is -2.24. The third kappa shape index (κ3) is 4.41. The van der Waals surface area contributed by atoms with E-state index in [2.05, 4.69) is 10.3 Å². The fraction of sp³-hybridized carbons (Fsp3) is 0.250. The van der Waals surface area contributed by atoms with Crippen molar-refractivity contribution in [2.75, 3.05) is 11.5 Å². The largest absolute Gasteiger partial charge is 0.416 e. The minimum atomic E-state index is -4.53. The molecule has 8 heteroatoms. The van der Waals surface area contributed by atoms with Crippen molar-refractivity contribution in [3.8, 4) is 0 Å². The van der Waals surface area contributed by atoms with Crippen molar-refractivity contribution in [3.05, 3.63) is 53.3 Å². The normalized spacial score (nSPS) is 11.3. The van der Waals surface area contributed by atoms with Crippen LogP contribution in [-0.2, 0) is 12.7 Å². The van der Waals surface area contributed by atoms with Crippen molar-refractivity contribution in [2.45, 2.75) is 24.5 Å². The van der Waals surface area contributed by atoms with Crippen LogP contribution in [0.1, 0.15) is 28.4 Å².